The first-order valence-corrected chi connectivity index (χ1v) is 15.3. The molecule has 0 radical (unpaired) electrons. The maximum atomic E-state index is 13.1. The molecule has 236 valence electrons. The van der Waals surface area contributed by atoms with Crippen molar-refractivity contribution in [3.63, 3.8) is 0 Å². The molecule has 4 aromatic carbocycles. The quantitative estimate of drug-likeness (QED) is 0.0737. The maximum Gasteiger partial charge on any atom is 0.326 e. The van der Waals surface area contributed by atoms with Gasteiger partial charge in [-0.1, -0.05) is 78.9 Å². The summed E-state index contributed by atoms with van der Waals surface area (Å²) in [6.07, 6.45) is 7.47. The van der Waals surface area contributed by atoms with E-state index in [9.17, 15) is 19.5 Å². The van der Waals surface area contributed by atoms with Crippen molar-refractivity contribution in [1.82, 2.24) is 4.98 Å². The highest BCUT2D eigenvalue weighted by Crippen LogP contribution is 2.22. The summed E-state index contributed by atoms with van der Waals surface area (Å²) in [5, 5.41) is 13.1. The number of pyridine rings is 1. The minimum absolute atomic E-state index is 0.141. The molecule has 1 aromatic heterocycles. The molecule has 47 heavy (non-hydrogen) atoms. The molecule has 1 atom stereocenters. The molecule has 2 N–H and O–H groups in total. The third-order valence-corrected chi connectivity index (χ3v) is 7.43. The molecule has 5 rings (SSSR count). The monoisotopic (exact) mass is 625 g/mol. The molecule has 8 heteroatoms. The van der Waals surface area contributed by atoms with E-state index in [4.69, 9.17) is 4.74 Å². The van der Waals surface area contributed by atoms with Gasteiger partial charge in [-0.05, 0) is 66.1 Å². The van der Waals surface area contributed by atoms with Crippen LogP contribution in [0.2, 0.25) is 0 Å². The average molecular weight is 626 g/mol. The van der Waals surface area contributed by atoms with E-state index in [0.717, 1.165) is 16.8 Å². The third kappa shape index (κ3) is 9.25. The Morgan fingerprint density at radius 2 is 1.53 bits per heavy atom. The fourth-order valence-electron chi connectivity index (χ4n) is 5.02. The van der Waals surface area contributed by atoms with Crippen molar-refractivity contribution in [3.8, 4) is 5.75 Å². The van der Waals surface area contributed by atoms with Crippen LogP contribution >= 0.6 is 0 Å². The topological polar surface area (TPSA) is 109 Å². The number of hydrogen-bond donors (Lipinski definition) is 2. The minimum Gasteiger partial charge on any atom is -0.494 e. The first kappa shape index (κ1) is 32.4. The summed E-state index contributed by atoms with van der Waals surface area (Å²) in [6.45, 7) is 0.840. The Morgan fingerprint density at radius 1 is 0.830 bits per heavy atom. The van der Waals surface area contributed by atoms with Gasteiger partial charge in [-0.2, -0.15) is 0 Å². The molecule has 1 unspecified atom stereocenters. The van der Waals surface area contributed by atoms with Gasteiger partial charge in [0, 0.05) is 53.9 Å². The molecule has 0 aliphatic heterocycles. The van der Waals surface area contributed by atoms with Gasteiger partial charge in [0.15, 0.2) is 5.78 Å². The van der Waals surface area contributed by atoms with E-state index in [1.807, 2.05) is 60.7 Å². The first-order chi connectivity index (χ1) is 23.0. The molecule has 0 fully saturated rings. The average Bonchev–Trinajstić information content (AvgIpc) is 3.12. The van der Waals surface area contributed by atoms with Crippen LogP contribution < -0.4 is 15.0 Å². The Bertz CT molecular complexity index is 1790. The summed E-state index contributed by atoms with van der Waals surface area (Å²) < 4.78 is 5.95. The fourth-order valence-corrected chi connectivity index (χ4v) is 5.02. The van der Waals surface area contributed by atoms with Crippen LogP contribution in [-0.2, 0) is 16.0 Å². The van der Waals surface area contributed by atoms with E-state index >= 15 is 0 Å². The number of carbonyl (C=O) groups excluding carboxylic acids is 2. The Labute approximate surface area is 274 Å². The fraction of sp³-hybridized carbons (Fsp3) is 0.128. The zero-order valence-corrected chi connectivity index (χ0v) is 25.7. The lowest BCUT2D eigenvalue weighted by molar-refractivity contribution is -0.137. The molecule has 5 aromatic rings. The van der Waals surface area contributed by atoms with E-state index in [1.54, 1.807) is 90.1 Å². The number of benzene rings is 4. The standard InChI is InChI=1S/C39H35N3O5/c43-37(23-20-30-11-9-24-40-28-30)42(32-14-5-2-6-15-32)25-10-26-47-33-21-18-29(19-22-33)27-36(39(45)46)41-35-17-8-7-16-34(35)38(44)31-12-3-1-4-13-31/h1-9,11-24,28,36,41H,10,25-27H2,(H,45,46). The third-order valence-electron chi connectivity index (χ3n) is 7.43. The second-order valence-corrected chi connectivity index (χ2v) is 10.8. The van der Waals surface area contributed by atoms with Crippen LogP contribution in [-0.4, -0.2) is 46.9 Å². The van der Waals surface area contributed by atoms with E-state index in [1.165, 1.54) is 0 Å². The van der Waals surface area contributed by atoms with Gasteiger partial charge in [0.2, 0.25) is 0 Å². The Balaban J connectivity index is 1.16. The van der Waals surface area contributed by atoms with Gasteiger partial charge in [0.1, 0.15) is 11.8 Å². The van der Waals surface area contributed by atoms with E-state index in [0.29, 0.717) is 42.1 Å². The van der Waals surface area contributed by atoms with Crippen LogP contribution in [0, 0.1) is 0 Å². The van der Waals surface area contributed by atoms with Crippen molar-refractivity contribution in [1.29, 1.82) is 0 Å². The second-order valence-electron chi connectivity index (χ2n) is 10.8. The SMILES string of the molecule is O=C(c1ccccc1)c1ccccc1NC(Cc1ccc(OCCCN(C(=O)C=Cc2cccnc2)c2ccccc2)cc1)C(=O)O. The predicted molar refractivity (Wildman–Crippen MR) is 184 cm³/mol. The summed E-state index contributed by atoms with van der Waals surface area (Å²) in [5.41, 5.74) is 3.84. The van der Waals surface area contributed by atoms with E-state index in [2.05, 4.69) is 10.3 Å². The molecule has 0 aliphatic carbocycles. The van der Waals surface area contributed by atoms with Crippen LogP contribution in [0.5, 0.6) is 5.75 Å². The molecule has 0 aliphatic rings. The number of para-hydroxylation sites is 2. The highest BCUT2D eigenvalue weighted by Gasteiger charge is 2.21. The largest absolute Gasteiger partial charge is 0.494 e. The van der Waals surface area contributed by atoms with Gasteiger partial charge in [0.05, 0.1) is 6.61 Å². The van der Waals surface area contributed by atoms with Crippen molar-refractivity contribution >= 4 is 35.1 Å². The van der Waals surface area contributed by atoms with Crippen LogP contribution in [0.15, 0.2) is 140 Å². The van der Waals surface area contributed by atoms with Crippen LogP contribution in [0.25, 0.3) is 6.08 Å². The van der Waals surface area contributed by atoms with Crippen LogP contribution in [0.4, 0.5) is 11.4 Å². The molecule has 1 heterocycles. The zero-order valence-electron chi connectivity index (χ0n) is 25.7. The van der Waals surface area contributed by atoms with E-state index in [-0.39, 0.29) is 18.1 Å². The number of aromatic nitrogens is 1. The van der Waals surface area contributed by atoms with Crippen molar-refractivity contribution in [2.24, 2.45) is 0 Å². The number of nitrogens with zero attached hydrogens (tertiary/aromatic N) is 2. The minimum atomic E-state index is -1.03. The Hall–Kier alpha value is -6.02. The predicted octanol–water partition coefficient (Wildman–Crippen LogP) is 6.94. The lowest BCUT2D eigenvalue weighted by Crippen LogP contribution is -2.32. The molecule has 0 spiro atoms. The number of carbonyl (C=O) groups is 3. The number of ketones is 1. The van der Waals surface area contributed by atoms with Gasteiger partial charge < -0.3 is 20.1 Å². The lowest BCUT2D eigenvalue weighted by atomic mass is 10.00. The molecular formula is C39H35N3O5. The molecule has 1 amide bonds. The number of amides is 1. The number of carboxylic acids is 1. The molecule has 0 saturated carbocycles. The van der Waals surface area contributed by atoms with Gasteiger partial charge in [0.25, 0.3) is 5.91 Å². The second kappa shape index (κ2) is 16.3. The van der Waals surface area contributed by atoms with Crippen LogP contribution in [0.3, 0.4) is 0 Å². The number of nitrogens with one attached hydrogen (secondary N) is 1. The smallest absolute Gasteiger partial charge is 0.326 e. The number of hydrogen-bond acceptors (Lipinski definition) is 6. The van der Waals surface area contributed by atoms with Crippen molar-refractivity contribution in [2.75, 3.05) is 23.4 Å². The van der Waals surface area contributed by atoms with Gasteiger partial charge in [-0.25, -0.2) is 4.79 Å². The summed E-state index contributed by atoms with van der Waals surface area (Å²) >= 11 is 0. The summed E-state index contributed by atoms with van der Waals surface area (Å²) in [5.74, 6) is -0.712. The number of aliphatic carboxylic acids is 1. The summed E-state index contributed by atoms with van der Waals surface area (Å²) in [4.78, 5) is 44.2. The summed E-state index contributed by atoms with van der Waals surface area (Å²) in [7, 11) is 0. The maximum absolute atomic E-state index is 13.1. The highest BCUT2D eigenvalue weighted by molar-refractivity contribution is 6.12. The number of rotatable bonds is 15. The molecular weight excluding hydrogens is 590 g/mol. The van der Waals surface area contributed by atoms with Gasteiger partial charge in [-0.3, -0.25) is 14.6 Å². The molecule has 0 saturated heterocycles. The normalized spacial score (nSPS) is 11.5. The number of anilines is 2. The van der Waals surface area contributed by atoms with Crippen LogP contribution in [0.1, 0.15) is 33.5 Å². The van der Waals surface area contributed by atoms with Crippen molar-refractivity contribution in [2.45, 2.75) is 18.9 Å². The zero-order chi connectivity index (χ0) is 32.8. The lowest BCUT2D eigenvalue weighted by Gasteiger charge is -2.21. The van der Waals surface area contributed by atoms with E-state index < -0.39 is 12.0 Å². The Morgan fingerprint density at radius 3 is 2.23 bits per heavy atom. The van der Waals surface area contributed by atoms with Gasteiger partial charge in [-0.15, -0.1) is 0 Å². The molecule has 8 nitrogen and oxygen atoms in total. The number of carboxylic acid groups (broad SMARTS) is 1. The highest BCUT2D eigenvalue weighted by atomic mass is 16.5. The molecule has 0 bridgehead atoms. The van der Waals surface area contributed by atoms with Gasteiger partial charge >= 0.3 is 5.97 Å². The first-order valence-electron chi connectivity index (χ1n) is 15.3. The Kier molecular flexibility index (Phi) is 11.3. The van der Waals surface area contributed by atoms with Crippen molar-refractivity contribution in [3.05, 3.63) is 162 Å². The van der Waals surface area contributed by atoms with Crippen molar-refractivity contribution < 1.29 is 24.2 Å². The number of ether oxygens (including phenoxy) is 1. The summed E-state index contributed by atoms with van der Waals surface area (Å²) in [6, 6.07) is 35.3.